The van der Waals surface area contributed by atoms with Gasteiger partial charge >= 0.3 is 0 Å². The van der Waals surface area contributed by atoms with E-state index in [0.29, 0.717) is 36.2 Å². The maximum Gasteiger partial charge on any atom is 0.253 e. The summed E-state index contributed by atoms with van der Waals surface area (Å²) in [6.07, 6.45) is 2.39. The predicted octanol–water partition coefficient (Wildman–Crippen LogP) is 1.47. The molecule has 1 unspecified atom stereocenters. The van der Waals surface area contributed by atoms with Gasteiger partial charge in [-0.3, -0.25) is 9.59 Å². The number of ether oxygens (including phenoxy) is 2. The quantitative estimate of drug-likeness (QED) is 0.805. The van der Waals surface area contributed by atoms with Gasteiger partial charge in [-0.05, 0) is 55.0 Å². The molecule has 0 spiro atoms. The minimum absolute atomic E-state index is 0.177. The lowest BCUT2D eigenvalue weighted by molar-refractivity contribution is -0.120. The van der Waals surface area contributed by atoms with Crippen molar-refractivity contribution in [1.29, 1.82) is 0 Å². The Bertz CT molecular complexity index is 951. The SMILES string of the molecule is CCOc1ccc(C(=O)NCCC2C=c3ccc(OC)cc3=NC2=O)cc1. The molecule has 0 radical (unpaired) electrons. The second-order valence-corrected chi connectivity index (χ2v) is 6.15. The molecule has 0 aliphatic carbocycles. The van der Waals surface area contributed by atoms with Crippen molar-refractivity contribution in [2.24, 2.45) is 10.9 Å². The zero-order valence-corrected chi connectivity index (χ0v) is 15.4. The average molecular weight is 366 g/mol. The molecule has 0 bridgehead atoms. The first kappa shape index (κ1) is 18.6. The Morgan fingerprint density at radius 1 is 1.15 bits per heavy atom. The first-order valence-corrected chi connectivity index (χ1v) is 8.90. The summed E-state index contributed by atoms with van der Waals surface area (Å²) < 4.78 is 10.5. The van der Waals surface area contributed by atoms with Gasteiger partial charge in [-0.25, -0.2) is 4.99 Å². The molecule has 0 aromatic heterocycles. The molecular weight excluding hydrogens is 344 g/mol. The van der Waals surface area contributed by atoms with Gasteiger partial charge in [-0.1, -0.05) is 6.08 Å². The lowest BCUT2D eigenvalue weighted by Crippen LogP contribution is -2.35. The summed E-state index contributed by atoms with van der Waals surface area (Å²) in [5.74, 6) is 0.675. The number of nitrogens with one attached hydrogen (secondary N) is 1. The molecule has 3 rings (SSSR count). The highest BCUT2D eigenvalue weighted by Crippen LogP contribution is 2.13. The Morgan fingerprint density at radius 2 is 1.89 bits per heavy atom. The van der Waals surface area contributed by atoms with Crippen LogP contribution in [0.5, 0.6) is 11.5 Å². The van der Waals surface area contributed by atoms with Crippen LogP contribution in [0, 0.1) is 5.92 Å². The minimum Gasteiger partial charge on any atom is -0.497 e. The number of rotatable bonds is 7. The lowest BCUT2D eigenvalue weighted by Gasteiger charge is -2.13. The molecule has 140 valence electrons. The van der Waals surface area contributed by atoms with Gasteiger partial charge in [0, 0.05) is 18.2 Å². The van der Waals surface area contributed by atoms with Gasteiger partial charge in [0.05, 0.1) is 25.0 Å². The standard InChI is InChI=1S/C21H22N2O4/c1-3-27-17-7-4-14(5-8-17)20(24)22-11-10-16-12-15-6-9-18(26-2)13-19(15)23-21(16)25/h4-9,12-13,16H,3,10-11H2,1-2H3,(H,22,24). The van der Waals surface area contributed by atoms with E-state index in [-0.39, 0.29) is 17.7 Å². The molecule has 1 atom stereocenters. The molecule has 2 aromatic carbocycles. The van der Waals surface area contributed by atoms with Crippen molar-refractivity contribution in [2.45, 2.75) is 13.3 Å². The molecule has 1 aliphatic heterocycles. The average Bonchev–Trinajstić information content (AvgIpc) is 2.68. The molecular formula is C21H22N2O4. The van der Waals surface area contributed by atoms with Crippen LogP contribution in [0.3, 0.4) is 0 Å². The number of methoxy groups -OCH3 is 1. The molecule has 6 nitrogen and oxygen atoms in total. The van der Waals surface area contributed by atoms with Crippen LogP contribution in [-0.4, -0.2) is 32.1 Å². The van der Waals surface area contributed by atoms with E-state index in [1.165, 1.54) is 0 Å². The van der Waals surface area contributed by atoms with Gasteiger partial charge in [-0.2, -0.15) is 0 Å². The molecule has 0 saturated carbocycles. The largest absolute Gasteiger partial charge is 0.497 e. The molecule has 1 aliphatic rings. The van der Waals surface area contributed by atoms with Crippen molar-refractivity contribution in [3.05, 3.63) is 58.6 Å². The second kappa shape index (κ2) is 8.49. The van der Waals surface area contributed by atoms with E-state index in [1.807, 2.05) is 25.1 Å². The predicted molar refractivity (Wildman–Crippen MR) is 101 cm³/mol. The van der Waals surface area contributed by atoms with Crippen LogP contribution in [0.1, 0.15) is 23.7 Å². The number of hydrogen-bond acceptors (Lipinski definition) is 4. The van der Waals surface area contributed by atoms with Gasteiger partial charge in [0.2, 0.25) is 0 Å². The van der Waals surface area contributed by atoms with Crippen LogP contribution < -0.4 is 25.4 Å². The third kappa shape index (κ3) is 4.53. The smallest absolute Gasteiger partial charge is 0.253 e. The summed E-state index contributed by atoms with van der Waals surface area (Å²) in [4.78, 5) is 28.6. The minimum atomic E-state index is -0.341. The maximum absolute atomic E-state index is 12.2. The molecule has 2 amide bonds. The third-order valence-corrected chi connectivity index (χ3v) is 4.33. The van der Waals surface area contributed by atoms with Crippen molar-refractivity contribution in [1.82, 2.24) is 5.32 Å². The zero-order chi connectivity index (χ0) is 19.2. The van der Waals surface area contributed by atoms with E-state index >= 15 is 0 Å². The van der Waals surface area contributed by atoms with E-state index in [1.54, 1.807) is 37.4 Å². The summed E-state index contributed by atoms with van der Waals surface area (Å²) >= 11 is 0. The number of fused-ring (bicyclic) bond motifs is 1. The second-order valence-electron chi connectivity index (χ2n) is 6.15. The Labute approximate surface area is 157 Å². The van der Waals surface area contributed by atoms with Crippen LogP contribution >= 0.6 is 0 Å². The van der Waals surface area contributed by atoms with Crippen LogP contribution in [0.15, 0.2) is 47.5 Å². The summed E-state index contributed by atoms with van der Waals surface area (Å²) in [5, 5.41) is 4.37. The highest BCUT2D eigenvalue weighted by atomic mass is 16.5. The Kier molecular flexibility index (Phi) is 5.86. The van der Waals surface area contributed by atoms with E-state index in [2.05, 4.69) is 10.3 Å². The molecule has 0 fully saturated rings. The number of amides is 2. The van der Waals surface area contributed by atoms with Gasteiger partial charge in [0.15, 0.2) is 0 Å². The molecule has 6 heteroatoms. The van der Waals surface area contributed by atoms with E-state index in [4.69, 9.17) is 9.47 Å². The van der Waals surface area contributed by atoms with Gasteiger partial charge in [0.25, 0.3) is 11.8 Å². The first-order chi connectivity index (χ1) is 13.1. The number of carbonyl (C=O) groups is 2. The highest BCUT2D eigenvalue weighted by molar-refractivity contribution is 5.94. The maximum atomic E-state index is 12.2. The third-order valence-electron chi connectivity index (χ3n) is 4.33. The number of hydrogen-bond donors (Lipinski definition) is 1. The van der Waals surface area contributed by atoms with Crippen molar-refractivity contribution >= 4 is 17.9 Å². The van der Waals surface area contributed by atoms with Gasteiger partial charge < -0.3 is 14.8 Å². The summed E-state index contributed by atoms with van der Waals surface area (Å²) in [7, 11) is 1.58. The number of benzene rings is 2. The summed E-state index contributed by atoms with van der Waals surface area (Å²) in [6, 6.07) is 12.4. The summed E-state index contributed by atoms with van der Waals surface area (Å²) in [6.45, 7) is 2.88. The monoisotopic (exact) mass is 366 g/mol. The van der Waals surface area contributed by atoms with E-state index in [0.717, 1.165) is 11.0 Å². The molecule has 1 heterocycles. The normalized spacial score (nSPS) is 15.2. The molecule has 0 saturated heterocycles. The topological polar surface area (TPSA) is 77.0 Å². The van der Waals surface area contributed by atoms with E-state index in [9.17, 15) is 9.59 Å². The van der Waals surface area contributed by atoms with Crippen LogP contribution in [0.4, 0.5) is 0 Å². The van der Waals surface area contributed by atoms with Crippen molar-refractivity contribution in [2.75, 3.05) is 20.3 Å². The van der Waals surface area contributed by atoms with E-state index < -0.39 is 0 Å². The van der Waals surface area contributed by atoms with Crippen molar-refractivity contribution in [3.63, 3.8) is 0 Å². The fourth-order valence-electron chi connectivity index (χ4n) is 2.90. The molecule has 2 aromatic rings. The number of nitrogens with zero attached hydrogens (tertiary/aromatic N) is 1. The first-order valence-electron chi connectivity index (χ1n) is 8.90. The summed E-state index contributed by atoms with van der Waals surface area (Å²) in [5.41, 5.74) is 0.555. The molecule has 27 heavy (non-hydrogen) atoms. The Balaban J connectivity index is 1.59. The van der Waals surface area contributed by atoms with Crippen LogP contribution in [0.2, 0.25) is 0 Å². The van der Waals surface area contributed by atoms with Crippen molar-refractivity contribution < 1.29 is 19.1 Å². The van der Waals surface area contributed by atoms with Crippen LogP contribution in [0.25, 0.3) is 6.08 Å². The highest BCUT2D eigenvalue weighted by Gasteiger charge is 2.18. The fraction of sp³-hybridized carbons (Fsp3) is 0.286. The zero-order valence-electron chi connectivity index (χ0n) is 15.4. The van der Waals surface area contributed by atoms with Crippen molar-refractivity contribution in [3.8, 4) is 11.5 Å². The Hall–Kier alpha value is -3.15. The van der Waals surface area contributed by atoms with Gasteiger partial charge in [-0.15, -0.1) is 0 Å². The van der Waals surface area contributed by atoms with Gasteiger partial charge in [0.1, 0.15) is 11.5 Å². The lowest BCUT2D eigenvalue weighted by atomic mass is 10.00. The fourth-order valence-corrected chi connectivity index (χ4v) is 2.90. The number of carbonyl (C=O) groups excluding carboxylic acids is 2. The molecule has 1 N–H and O–H groups in total. The Morgan fingerprint density at radius 3 is 2.59 bits per heavy atom. The van der Waals surface area contributed by atoms with Crippen LogP contribution in [-0.2, 0) is 4.79 Å².